The van der Waals surface area contributed by atoms with Crippen molar-refractivity contribution in [3.63, 3.8) is 0 Å². The summed E-state index contributed by atoms with van der Waals surface area (Å²) >= 11 is 0. The highest BCUT2D eigenvalue weighted by Gasteiger charge is 2.14. The summed E-state index contributed by atoms with van der Waals surface area (Å²) in [6, 6.07) is 0.440. The van der Waals surface area contributed by atoms with Gasteiger partial charge in [0.2, 0.25) is 0 Å². The normalized spacial score (nSPS) is 19.8. The van der Waals surface area contributed by atoms with Crippen LogP contribution in [-0.2, 0) is 9.47 Å². The summed E-state index contributed by atoms with van der Waals surface area (Å²) in [7, 11) is 1.76. The molecule has 3 heteroatoms. The first-order chi connectivity index (χ1) is 8.24. The molecule has 0 bridgehead atoms. The van der Waals surface area contributed by atoms with Crippen molar-refractivity contribution < 1.29 is 9.47 Å². The van der Waals surface area contributed by atoms with Crippen LogP contribution < -0.4 is 5.32 Å². The van der Waals surface area contributed by atoms with E-state index in [0.717, 1.165) is 19.8 Å². The monoisotopic (exact) mass is 243 g/mol. The average molecular weight is 243 g/mol. The van der Waals surface area contributed by atoms with Crippen LogP contribution in [0.3, 0.4) is 0 Å². The SMILES string of the molecule is COCC(NCCOC1CCCCC1)C(C)C. The Labute approximate surface area is 106 Å². The zero-order chi connectivity index (χ0) is 12.5. The quantitative estimate of drug-likeness (QED) is 0.665. The lowest BCUT2D eigenvalue weighted by Gasteiger charge is -2.24. The van der Waals surface area contributed by atoms with Crippen molar-refractivity contribution in [2.24, 2.45) is 5.92 Å². The predicted octanol–water partition coefficient (Wildman–Crippen LogP) is 2.60. The van der Waals surface area contributed by atoms with Crippen LogP contribution in [0.2, 0.25) is 0 Å². The Morgan fingerprint density at radius 3 is 2.47 bits per heavy atom. The van der Waals surface area contributed by atoms with Crippen molar-refractivity contribution >= 4 is 0 Å². The van der Waals surface area contributed by atoms with Crippen LogP contribution in [0.5, 0.6) is 0 Å². The molecule has 1 rings (SSSR count). The highest BCUT2D eigenvalue weighted by atomic mass is 16.5. The van der Waals surface area contributed by atoms with Crippen LogP contribution in [0.15, 0.2) is 0 Å². The lowest BCUT2D eigenvalue weighted by Crippen LogP contribution is -2.40. The van der Waals surface area contributed by atoms with Gasteiger partial charge >= 0.3 is 0 Å². The van der Waals surface area contributed by atoms with Crippen LogP contribution >= 0.6 is 0 Å². The van der Waals surface area contributed by atoms with E-state index in [4.69, 9.17) is 9.47 Å². The molecule has 0 heterocycles. The molecule has 1 N–H and O–H groups in total. The lowest BCUT2D eigenvalue weighted by atomic mass is 9.98. The largest absolute Gasteiger partial charge is 0.383 e. The molecule has 0 aromatic rings. The van der Waals surface area contributed by atoms with Crippen LogP contribution in [0, 0.1) is 5.92 Å². The molecule has 102 valence electrons. The number of ether oxygens (including phenoxy) is 2. The number of hydrogen-bond acceptors (Lipinski definition) is 3. The third-order valence-electron chi connectivity index (χ3n) is 3.57. The molecule has 17 heavy (non-hydrogen) atoms. The van der Waals surface area contributed by atoms with E-state index in [1.165, 1.54) is 32.1 Å². The molecule has 1 atom stereocenters. The van der Waals surface area contributed by atoms with Gasteiger partial charge in [-0.1, -0.05) is 33.1 Å². The summed E-state index contributed by atoms with van der Waals surface area (Å²) in [5.74, 6) is 0.602. The van der Waals surface area contributed by atoms with Gasteiger partial charge in [-0.05, 0) is 18.8 Å². The van der Waals surface area contributed by atoms with E-state index in [9.17, 15) is 0 Å². The van der Waals surface area contributed by atoms with E-state index < -0.39 is 0 Å². The molecule has 1 aliphatic carbocycles. The van der Waals surface area contributed by atoms with Crippen LogP contribution in [-0.4, -0.2) is 39.0 Å². The second-order valence-corrected chi connectivity index (χ2v) is 5.39. The van der Waals surface area contributed by atoms with Gasteiger partial charge in [-0.15, -0.1) is 0 Å². The van der Waals surface area contributed by atoms with Gasteiger partial charge in [0.25, 0.3) is 0 Å². The van der Waals surface area contributed by atoms with E-state index in [1.54, 1.807) is 7.11 Å². The molecule has 1 aliphatic rings. The molecule has 0 aromatic heterocycles. The summed E-state index contributed by atoms with van der Waals surface area (Å²) in [6.45, 7) is 6.98. The Bertz CT molecular complexity index is 179. The molecule has 1 fully saturated rings. The van der Waals surface area contributed by atoms with Gasteiger partial charge in [0.05, 0.1) is 19.3 Å². The maximum absolute atomic E-state index is 5.89. The van der Waals surface area contributed by atoms with Crippen molar-refractivity contribution in [3.8, 4) is 0 Å². The van der Waals surface area contributed by atoms with Crippen molar-refractivity contribution in [2.45, 2.75) is 58.1 Å². The van der Waals surface area contributed by atoms with Crippen LogP contribution in [0.25, 0.3) is 0 Å². The maximum Gasteiger partial charge on any atom is 0.0618 e. The number of hydrogen-bond donors (Lipinski definition) is 1. The molecule has 0 amide bonds. The highest BCUT2D eigenvalue weighted by molar-refractivity contribution is 4.70. The van der Waals surface area contributed by atoms with Crippen molar-refractivity contribution in [1.82, 2.24) is 5.32 Å². The second-order valence-electron chi connectivity index (χ2n) is 5.39. The third-order valence-corrected chi connectivity index (χ3v) is 3.57. The smallest absolute Gasteiger partial charge is 0.0618 e. The van der Waals surface area contributed by atoms with E-state index >= 15 is 0 Å². The average Bonchev–Trinajstić information content (AvgIpc) is 2.34. The van der Waals surface area contributed by atoms with Gasteiger partial charge in [-0.2, -0.15) is 0 Å². The fourth-order valence-corrected chi connectivity index (χ4v) is 2.37. The predicted molar refractivity (Wildman–Crippen MR) is 71.3 cm³/mol. The molecule has 0 aromatic carbocycles. The van der Waals surface area contributed by atoms with Crippen LogP contribution in [0.1, 0.15) is 46.0 Å². The molecular weight excluding hydrogens is 214 g/mol. The molecule has 1 unspecified atom stereocenters. The molecule has 0 spiro atoms. The van der Waals surface area contributed by atoms with Gasteiger partial charge in [0, 0.05) is 19.7 Å². The summed E-state index contributed by atoms with van der Waals surface area (Å²) in [5.41, 5.74) is 0. The van der Waals surface area contributed by atoms with Crippen molar-refractivity contribution in [1.29, 1.82) is 0 Å². The van der Waals surface area contributed by atoms with Crippen LogP contribution in [0.4, 0.5) is 0 Å². The van der Waals surface area contributed by atoms with E-state index in [0.29, 0.717) is 18.1 Å². The summed E-state index contributed by atoms with van der Waals surface area (Å²) in [4.78, 5) is 0. The maximum atomic E-state index is 5.89. The standard InChI is InChI=1S/C14H29NO2/c1-12(2)14(11-16-3)15-9-10-17-13-7-5-4-6-8-13/h12-15H,4-11H2,1-3H3. The first-order valence-corrected chi connectivity index (χ1v) is 7.08. The second kappa shape index (κ2) is 8.90. The van der Waals surface area contributed by atoms with Crippen molar-refractivity contribution in [3.05, 3.63) is 0 Å². The zero-order valence-corrected chi connectivity index (χ0v) is 11.7. The first kappa shape index (κ1) is 14.9. The van der Waals surface area contributed by atoms with Gasteiger partial charge < -0.3 is 14.8 Å². The Hall–Kier alpha value is -0.120. The molecule has 0 saturated heterocycles. The molecule has 0 radical (unpaired) electrons. The topological polar surface area (TPSA) is 30.5 Å². The van der Waals surface area contributed by atoms with Gasteiger partial charge in [-0.3, -0.25) is 0 Å². The lowest BCUT2D eigenvalue weighted by molar-refractivity contribution is 0.0271. The Balaban J connectivity index is 2.04. The number of rotatable bonds is 8. The van der Waals surface area contributed by atoms with E-state index in [-0.39, 0.29) is 0 Å². The minimum atomic E-state index is 0.440. The van der Waals surface area contributed by atoms with E-state index in [1.807, 2.05) is 0 Å². The minimum Gasteiger partial charge on any atom is -0.383 e. The molecule has 3 nitrogen and oxygen atoms in total. The molecule has 0 aliphatic heterocycles. The minimum absolute atomic E-state index is 0.440. The Kier molecular flexibility index (Phi) is 7.82. The fourth-order valence-electron chi connectivity index (χ4n) is 2.37. The Morgan fingerprint density at radius 1 is 1.18 bits per heavy atom. The first-order valence-electron chi connectivity index (χ1n) is 7.08. The Morgan fingerprint density at radius 2 is 1.88 bits per heavy atom. The molecular formula is C14H29NO2. The number of methoxy groups -OCH3 is 1. The highest BCUT2D eigenvalue weighted by Crippen LogP contribution is 2.19. The zero-order valence-electron chi connectivity index (χ0n) is 11.7. The fraction of sp³-hybridized carbons (Fsp3) is 1.00. The van der Waals surface area contributed by atoms with Gasteiger partial charge in [0.1, 0.15) is 0 Å². The number of nitrogens with one attached hydrogen (secondary N) is 1. The van der Waals surface area contributed by atoms with Gasteiger partial charge in [0.15, 0.2) is 0 Å². The molecule has 1 saturated carbocycles. The third kappa shape index (κ3) is 6.39. The van der Waals surface area contributed by atoms with Gasteiger partial charge in [-0.25, -0.2) is 0 Å². The summed E-state index contributed by atoms with van der Waals surface area (Å²) in [6.07, 6.45) is 7.11. The van der Waals surface area contributed by atoms with Crippen molar-refractivity contribution in [2.75, 3.05) is 26.9 Å². The van der Waals surface area contributed by atoms with E-state index in [2.05, 4.69) is 19.2 Å². The summed E-state index contributed by atoms with van der Waals surface area (Å²) in [5, 5.41) is 3.51. The summed E-state index contributed by atoms with van der Waals surface area (Å²) < 4.78 is 11.1.